The molecule has 0 radical (unpaired) electrons. The summed E-state index contributed by atoms with van der Waals surface area (Å²) in [6.07, 6.45) is 0. The van der Waals surface area contributed by atoms with Crippen LogP contribution in [0.1, 0.15) is 17.3 Å². The van der Waals surface area contributed by atoms with Crippen molar-refractivity contribution in [3.63, 3.8) is 0 Å². The fourth-order valence-electron chi connectivity index (χ4n) is 1.84. The number of carboxylic acids is 2. The van der Waals surface area contributed by atoms with Crippen LogP contribution in [-0.4, -0.2) is 40.7 Å². The monoisotopic (exact) mass is 265 g/mol. The molecule has 0 spiro atoms. The molecule has 100 valence electrons. The Labute approximate surface area is 108 Å². The number of benzene rings is 1. The van der Waals surface area contributed by atoms with Crippen LogP contribution in [-0.2, 0) is 9.59 Å². The van der Waals surface area contributed by atoms with E-state index in [0.29, 0.717) is 0 Å². The molecule has 0 saturated heterocycles. The van der Waals surface area contributed by atoms with Gasteiger partial charge >= 0.3 is 11.9 Å². The zero-order valence-electron chi connectivity index (χ0n) is 9.99. The Kier molecular flexibility index (Phi) is 3.12. The lowest BCUT2D eigenvalue weighted by Gasteiger charge is -2.32. The van der Waals surface area contributed by atoms with Crippen LogP contribution < -0.4 is 9.64 Å². The van der Waals surface area contributed by atoms with Crippen molar-refractivity contribution in [1.29, 1.82) is 0 Å². The highest BCUT2D eigenvalue weighted by molar-refractivity contribution is 6.03. The van der Waals surface area contributed by atoms with E-state index in [-0.39, 0.29) is 23.6 Å². The summed E-state index contributed by atoms with van der Waals surface area (Å²) in [5, 5.41) is 17.9. The first kappa shape index (κ1) is 12.9. The third-order valence-electron chi connectivity index (χ3n) is 2.83. The second-order valence-electron chi connectivity index (χ2n) is 4.05. The molecule has 1 aromatic carbocycles. The number of carbonyl (C=O) groups excluding carboxylic acids is 1. The standard InChI is InChI=1S/C12H11NO6/c1-6(11(15)16)13-8-3-2-7(12(17)18)4-9(8)19-5-10(13)14/h2-4,6H,5H2,1H3,(H,15,16)(H,17,18). The maximum Gasteiger partial charge on any atom is 0.335 e. The number of carboxylic acid groups (broad SMARTS) is 2. The van der Waals surface area contributed by atoms with Crippen molar-refractivity contribution < 1.29 is 29.3 Å². The first-order valence-corrected chi connectivity index (χ1v) is 5.47. The fourth-order valence-corrected chi connectivity index (χ4v) is 1.84. The van der Waals surface area contributed by atoms with E-state index in [0.717, 1.165) is 4.90 Å². The van der Waals surface area contributed by atoms with Gasteiger partial charge in [-0.1, -0.05) is 0 Å². The summed E-state index contributed by atoms with van der Waals surface area (Å²) < 4.78 is 5.14. The zero-order chi connectivity index (χ0) is 14.2. The topological polar surface area (TPSA) is 104 Å². The molecular weight excluding hydrogens is 254 g/mol. The van der Waals surface area contributed by atoms with E-state index < -0.39 is 23.9 Å². The third kappa shape index (κ3) is 2.22. The number of rotatable bonds is 3. The molecule has 0 aromatic heterocycles. The van der Waals surface area contributed by atoms with Crippen LogP contribution in [0.15, 0.2) is 18.2 Å². The van der Waals surface area contributed by atoms with Crippen LogP contribution >= 0.6 is 0 Å². The SMILES string of the molecule is CC(C(=O)O)N1C(=O)COc2cc(C(=O)O)ccc21. The maximum atomic E-state index is 11.7. The lowest BCUT2D eigenvalue weighted by Crippen LogP contribution is -2.48. The number of anilines is 1. The lowest BCUT2D eigenvalue weighted by atomic mass is 10.1. The predicted octanol–water partition coefficient (Wildman–Crippen LogP) is 0.583. The summed E-state index contributed by atoms with van der Waals surface area (Å²) >= 11 is 0. The van der Waals surface area contributed by atoms with E-state index in [1.165, 1.54) is 25.1 Å². The molecule has 1 aliphatic rings. The maximum absolute atomic E-state index is 11.7. The molecule has 19 heavy (non-hydrogen) atoms. The molecule has 1 unspecified atom stereocenters. The molecule has 0 fully saturated rings. The van der Waals surface area contributed by atoms with Gasteiger partial charge in [0.15, 0.2) is 6.61 Å². The molecule has 1 heterocycles. The number of aromatic carboxylic acids is 1. The molecule has 0 aliphatic carbocycles. The molecule has 1 amide bonds. The predicted molar refractivity (Wildman–Crippen MR) is 63.5 cm³/mol. The van der Waals surface area contributed by atoms with Crippen LogP contribution in [0.2, 0.25) is 0 Å². The molecular formula is C12H11NO6. The molecule has 1 aromatic rings. The third-order valence-corrected chi connectivity index (χ3v) is 2.83. The van der Waals surface area contributed by atoms with Crippen LogP contribution in [0, 0.1) is 0 Å². The van der Waals surface area contributed by atoms with E-state index in [1.807, 2.05) is 0 Å². The van der Waals surface area contributed by atoms with Gasteiger partial charge in [0.2, 0.25) is 0 Å². The number of aliphatic carboxylic acids is 1. The minimum atomic E-state index is -1.15. The average Bonchev–Trinajstić information content (AvgIpc) is 2.37. The molecule has 1 aliphatic heterocycles. The van der Waals surface area contributed by atoms with E-state index in [2.05, 4.69) is 0 Å². The summed E-state index contributed by atoms with van der Waals surface area (Å²) in [5.41, 5.74) is 0.271. The van der Waals surface area contributed by atoms with Crippen LogP contribution in [0.5, 0.6) is 5.75 Å². The highest BCUT2D eigenvalue weighted by atomic mass is 16.5. The molecule has 0 saturated carbocycles. The van der Waals surface area contributed by atoms with Crippen molar-refractivity contribution in [2.45, 2.75) is 13.0 Å². The number of ether oxygens (including phenoxy) is 1. The largest absolute Gasteiger partial charge is 0.482 e. The molecule has 0 bridgehead atoms. The number of fused-ring (bicyclic) bond motifs is 1. The van der Waals surface area contributed by atoms with Crippen molar-refractivity contribution in [2.75, 3.05) is 11.5 Å². The number of nitrogens with zero attached hydrogens (tertiary/aromatic N) is 1. The van der Waals surface area contributed by atoms with E-state index >= 15 is 0 Å². The summed E-state index contributed by atoms with van der Waals surface area (Å²) in [6, 6.07) is 2.89. The minimum absolute atomic E-state index is 0.0102. The molecule has 7 heteroatoms. The fraction of sp³-hybridized carbons (Fsp3) is 0.250. The molecule has 2 rings (SSSR count). The number of carbonyl (C=O) groups is 3. The molecule has 7 nitrogen and oxygen atoms in total. The quantitative estimate of drug-likeness (QED) is 0.828. The van der Waals surface area contributed by atoms with Gasteiger partial charge in [-0.05, 0) is 25.1 Å². The average molecular weight is 265 g/mol. The number of hydrogen-bond donors (Lipinski definition) is 2. The van der Waals surface area contributed by atoms with Gasteiger partial charge in [0.05, 0.1) is 11.3 Å². The number of amides is 1. The van der Waals surface area contributed by atoms with Gasteiger partial charge in [-0.15, -0.1) is 0 Å². The Hall–Kier alpha value is -2.57. The van der Waals surface area contributed by atoms with Crippen molar-refractivity contribution in [1.82, 2.24) is 0 Å². The van der Waals surface area contributed by atoms with Gasteiger partial charge in [-0.3, -0.25) is 9.69 Å². The lowest BCUT2D eigenvalue weighted by molar-refractivity contribution is -0.140. The Balaban J connectivity index is 2.48. The van der Waals surface area contributed by atoms with Crippen molar-refractivity contribution in [2.24, 2.45) is 0 Å². The van der Waals surface area contributed by atoms with E-state index in [9.17, 15) is 14.4 Å². The molecule has 1 atom stereocenters. The van der Waals surface area contributed by atoms with Crippen molar-refractivity contribution in [3.8, 4) is 5.75 Å². The summed E-state index contributed by atoms with van der Waals surface area (Å²) in [7, 11) is 0. The zero-order valence-corrected chi connectivity index (χ0v) is 9.99. The van der Waals surface area contributed by atoms with Crippen LogP contribution in [0.25, 0.3) is 0 Å². The van der Waals surface area contributed by atoms with Gasteiger partial charge in [0.1, 0.15) is 11.8 Å². The number of hydrogen-bond acceptors (Lipinski definition) is 4. The summed E-state index contributed by atoms with van der Waals surface area (Å²) in [5.74, 6) is -2.57. The second kappa shape index (κ2) is 4.60. The summed E-state index contributed by atoms with van der Waals surface area (Å²) in [4.78, 5) is 34.7. The van der Waals surface area contributed by atoms with Crippen LogP contribution in [0.3, 0.4) is 0 Å². The van der Waals surface area contributed by atoms with Gasteiger partial charge in [0, 0.05) is 0 Å². The van der Waals surface area contributed by atoms with E-state index in [1.54, 1.807) is 0 Å². The van der Waals surface area contributed by atoms with Crippen LogP contribution in [0.4, 0.5) is 5.69 Å². The molecule has 2 N–H and O–H groups in total. The van der Waals surface area contributed by atoms with Gasteiger partial charge in [0.25, 0.3) is 5.91 Å². The highest BCUT2D eigenvalue weighted by Gasteiger charge is 2.33. The van der Waals surface area contributed by atoms with Gasteiger partial charge in [-0.25, -0.2) is 9.59 Å². The smallest absolute Gasteiger partial charge is 0.335 e. The van der Waals surface area contributed by atoms with Gasteiger partial charge < -0.3 is 14.9 Å². The van der Waals surface area contributed by atoms with Crippen molar-refractivity contribution >= 4 is 23.5 Å². The Bertz CT molecular complexity index is 567. The highest BCUT2D eigenvalue weighted by Crippen LogP contribution is 2.34. The minimum Gasteiger partial charge on any atom is -0.482 e. The Morgan fingerprint density at radius 1 is 1.37 bits per heavy atom. The van der Waals surface area contributed by atoms with Gasteiger partial charge in [-0.2, -0.15) is 0 Å². The van der Waals surface area contributed by atoms with Crippen molar-refractivity contribution in [3.05, 3.63) is 23.8 Å². The first-order valence-electron chi connectivity index (χ1n) is 5.47. The second-order valence-corrected chi connectivity index (χ2v) is 4.05. The summed E-state index contributed by atoms with van der Waals surface area (Å²) in [6.45, 7) is 1.06. The Morgan fingerprint density at radius 2 is 2.05 bits per heavy atom. The normalized spacial score (nSPS) is 15.4. The first-order chi connectivity index (χ1) is 8.91. The van der Waals surface area contributed by atoms with E-state index in [4.69, 9.17) is 14.9 Å². The Morgan fingerprint density at radius 3 is 2.63 bits per heavy atom.